The van der Waals surface area contributed by atoms with Crippen molar-refractivity contribution in [2.75, 3.05) is 13.2 Å². The number of hydrogen-bond donors (Lipinski definition) is 2. The van der Waals surface area contributed by atoms with E-state index in [4.69, 9.17) is 4.74 Å². The van der Waals surface area contributed by atoms with Crippen molar-refractivity contribution in [1.29, 1.82) is 0 Å². The quantitative estimate of drug-likeness (QED) is 0.450. The lowest BCUT2D eigenvalue weighted by Crippen LogP contribution is -2.48. The number of ether oxygens (including phenoxy) is 1. The van der Waals surface area contributed by atoms with Crippen LogP contribution in [0, 0.1) is 12.7 Å². The van der Waals surface area contributed by atoms with E-state index >= 15 is 4.39 Å². The summed E-state index contributed by atoms with van der Waals surface area (Å²) in [6.45, 7) is 2.50. The van der Waals surface area contributed by atoms with E-state index in [9.17, 15) is 14.7 Å². The third kappa shape index (κ3) is 4.78. The van der Waals surface area contributed by atoms with Gasteiger partial charge in [0.15, 0.2) is 0 Å². The second kappa shape index (κ2) is 10.0. The number of carbonyl (C=O) groups is 1. The fourth-order valence-corrected chi connectivity index (χ4v) is 4.51. The van der Waals surface area contributed by atoms with Crippen LogP contribution in [0.25, 0.3) is 22.0 Å². The molecule has 4 aromatic rings. The number of amides is 1. The molecule has 0 radical (unpaired) electrons. The molecule has 1 fully saturated rings. The van der Waals surface area contributed by atoms with E-state index in [0.29, 0.717) is 18.6 Å². The van der Waals surface area contributed by atoms with Crippen LogP contribution in [-0.2, 0) is 11.3 Å². The van der Waals surface area contributed by atoms with Crippen molar-refractivity contribution in [3.63, 3.8) is 0 Å². The first-order valence-electron chi connectivity index (χ1n) is 11.8. The smallest absolute Gasteiger partial charge is 0.260 e. The number of carbonyl (C=O) groups excluding carboxylic acids is 1. The number of aryl methyl sites for hydroxylation is 1. The van der Waals surface area contributed by atoms with Crippen LogP contribution in [0.4, 0.5) is 4.39 Å². The molecular formula is C28H26FN3O4. The molecule has 1 aliphatic rings. The molecule has 2 N–H and O–H groups in total. The van der Waals surface area contributed by atoms with Gasteiger partial charge in [0.25, 0.3) is 11.5 Å². The Balaban J connectivity index is 1.49. The van der Waals surface area contributed by atoms with Crippen molar-refractivity contribution in [1.82, 2.24) is 14.9 Å². The lowest BCUT2D eigenvalue weighted by Gasteiger charge is -2.28. The minimum Gasteiger partial charge on any atom is -0.389 e. The summed E-state index contributed by atoms with van der Waals surface area (Å²) >= 11 is 0. The highest BCUT2D eigenvalue weighted by Gasteiger charge is 2.27. The summed E-state index contributed by atoms with van der Waals surface area (Å²) in [6.07, 6.45) is 2.56. The number of nitrogens with zero attached hydrogens (tertiary/aromatic N) is 2. The molecular weight excluding hydrogens is 461 g/mol. The monoisotopic (exact) mass is 487 g/mol. The van der Waals surface area contributed by atoms with Crippen LogP contribution in [0.5, 0.6) is 0 Å². The molecule has 1 amide bonds. The SMILES string of the molecule is Cc1cccc(-c2ccc(Cn3cc(C(=O)N[C@H]4CCOC[C@@H]4O)c4ncccc4c3=O)c(F)c2)c1. The number of halogens is 1. The van der Waals surface area contributed by atoms with Crippen LogP contribution in [0.2, 0.25) is 0 Å². The highest BCUT2D eigenvalue weighted by Crippen LogP contribution is 2.24. The maximum atomic E-state index is 15.1. The fraction of sp³-hybridized carbons (Fsp3) is 0.250. The predicted octanol–water partition coefficient (Wildman–Crippen LogP) is 3.44. The van der Waals surface area contributed by atoms with Gasteiger partial charge in [0.05, 0.1) is 41.8 Å². The molecule has 1 saturated heterocycles. The van der Waals surface area contributed by atoms with Gasteiger partial charge < -0.3 is 19.7 Å². The van der Waals surface area contributed by atoms with Gasteiger partial charge in [-0.3, -0.25) is 14.6 Å². The molecule has 184 valence electrons. The topological polar surface area (TPSA) is 93.5 Å². The predicted molar refractivity (Wildman–Crippen MR) is 134 cm³/mol. The third-order valence-corrected chi connectivity index (χ3v) is 6.47. The Bertz CT molecular complexity index is 1500. The van der Waals surface area contributed by atoms with Gasteiger partial charge in [-0.25, -0.2) is 4.39 Å². The van der Waals surface area contributed by atoms with Crippen LogP contribution in [0.1, 0.15) is 27.9 Å². The lowest BCUT2D eigenvalue weighted by molar-refractivity contribution is -0.0260. The first-order chi connectivity index (χ1) is 17.4. The molecule has 5 rings (SSSR count). The molecule has 0 spiro atoms. The van der Waals surface area contributed by atoms with Gasteiger partial charge >= 0.3 is 0 Å². The molecule has 0 unspecified atom stereocenters. The molecule has 7 nitrogen and oxygen atoms in total. The van der Waals surface area contributed by atoms with Gasteiger partial charge in [-0.2, -0.15) is 0 Å². The Labute approximate surface area is 207 Å². The number of benzene rings is 2. The molecule has 2 atom stereocenters. The van der Waals surface area contributed by atoms with Crippen LogP contribution >= 0.6 is 0 Å². The van der Waals surface area contributed by atoms with E-state index in [1.165, 1.54) is 23.0 Å². The van der Waals surface area contributed by atoms with E-state index in [-0.39, 0.29) is 35.2 Å². The Morgan fingerprint density at radius 3 is 2.81 bits per heavy atom. The normalized spacial score (nSPS) is 17.8. The highest BCUT2D eigenvalue weighted by molar-refractivity contribution is 6.05. The Morgan fingerprint density at radius 1 is 1.19 bits per heavy atom. The van der Waals surface area contributed by atoms with Gasteiger partial charge in [0.1, 0.15) is 5.82 Å². The molecule has 2 aromatic carbocycles. The van der Waals surface area contributed by atoms with Crippen molar-refractivity contribution in [2.45, 2.75) is 32.0 Å². The van der Waals surface area contributed by atoms with Crippen LogP contribution in [0.15, 0.2) is 71.8 Å². The molecule has 0 saturated carbocycles. The zero-order valence-electron chi connectivity index (χ0n) is 19.8. The zero-order valence-corrected chi connectivity index (χ0v) is 19.8. The van der Waals surface area contributed by atoms with Gasteiger partial charge in [-0.1, -0.05) is 42.0 Å². The van der Waals surface area contributed by atoms with Gasteiger partial charge in [-0.15, -0.1) is 0 Å². The highest BCUT2D eigenvalue weighted by atomic mass is 19.1. The maximum absolute atomic E-state index is 15.1. The Hall–Kier alpha value is -3.88. The summed E-state index contributed by atoms with van der Waals surface area (Å²) in [4.78, 5) is 30.6. The minimum atomic E-state index is -0.825. The second-order valence-electron chi connectivity index (χ2n) is 9.06. The molecule has 1 aliphatic heterocycles. The number of rotatable bonds is 5. The number of fused-ring (bicyclic) bond motifs is 1. The molecule has 2 aromatic heterocycles. The molecule has 8 heteroatoms. The van der Waals surface area contributed by atoms with Crippen LogP contribution in [-0.4, -0.2) is 45.9 Å². The number of aliphatic hydroxyl groups excluding tert-OH is 1. The average molecular weight is 488 g/mol. The molecule has 36 heavy (non-hydrogen) atoms. The number of aromatic nitrogens is 2. The van der Waals surface area contributed by atoms with Crippen LogP contribution < -0.4 is 10.9 Å². The zero-order chi connectivity index (χ0) is 25.2. The number of pyridine rings is 2. The van der Waals surface area contributed by atoms with Crippen molar-refractivity contribution in [3.8, 4) is 11.1 Å². The van der Waals surface area contributed by atoms with E-state index in [0.717, 1.165) is 16.7 Å². The first kappa shape index (κ1) is 23.8. The number of hydrogen-bond acceptors (Lipinski definition) is 5. The van der Waals surface area contributed by atoms with Crippen molar-refractivity contribution >= 4 is 16.8 Å². The average Bonchev–Trinajstić information content (AvgIpc) is 2.88. The largest absolute Gasteiger partial charge is 0.389 e. The summed E-state index contributed by atoms with van der Waals surface area (Å²) in [5.41, 5.74) is 3.11. The maximum Gasteiger partial charge on any atom is 0.260 e. The summed E-state index contributed by atoms with van der Waals surface area (Å²) in [6, 6.07) is 15.5. The standard InChI is InChI=1S/C28H26FN3O4/c1-17-4-2-5-18(12-17)19-7-8-20(23(29)13-19)14-32-15-22(26-21(28(32)35)6-3-10-30-26)27(34)31-24-9-11-36-16-25(24)33/h2-8,10,12-13,15,24-25,33H,9,11,14,16H2,1H3,(H,31,34)/t24-,25-/m0/s1. The first-order valence-corrected chi connectivity index (χ1v) is 11.8. The summed E-state index contributed by atoms with van der Waals surface area (Å²) < 4.78 is 21.7. The van der Waals surface area contributed by atoms with Gasteiger partial charge in [0, 0.05) is 24.6 Å². The van der Waals surface area contributed by atoms with Gasteiger partial charge in [0.2, 0.25) is 0 Å². The Morgan fingerprint density at radius 2 is 2.03 bits per heavy atom. The minimum absolute atomic E-state index is 0.0518. The van der Waals surface area contributed by atoms with E-state index < -0.39 is 23.9 Å². The third-order valence-electron chi connectivity index (χ3n) is 6.47. The second-order valence-corrected chi connectivity index (χ2v) is 9.06. The summed E-state index contributed by atoms with van der Waals surface area (Å²) in [7, 11) is 0. The van der Waals surface area contributed by atoms with E-state index in [1.54, 1.807) is 18.2 Å². The van der Waals surface area contributed by atoms with Crippen molar-refractivity contribution < 1.29 is 19.0 Å². The van der Waals surface area contributed by atoms with Crippen molar-refractivity contribution in [3.05, 3.63) is 99.9 Å². The van der Waals surface area contributed by atoms with E-state index in [2.05, 4.69) is 10.3 Å². The summed E-state index contributed by atoms with van der Waals surface area (Å²) in [5, 5.41) is 13.3. The number of nitrogens with one attached hydrogen (secondary N) is 1. The molecule has 3 heterocycles. The lowest BCUT2D eigenvalue weighted by atomic mass is 10.0. The van der Waals surface area contributed by atoms with Crippen molar-refractivity contribution in [2.24, 2.45) is 0 Å². The Kier molecular flexibility index (Phi) is 6.63. The molecule has 0 aliphatic carbocycles. The van der Waals surface area contributed by atoms with E-state index in [1.807, 2.05) is 37.3 Å². The van der Waals surface area contributed by atoms with Gasteiger partial charge in [-0.05, 0) is 42.7 Å². The number of aliphatic hydroxyl groups is 1. The fourth-order valence-electron chi connectivity index (χ4n) is 4.51. The van der Waals surface area contributed by atoms with Crippen LogP contribution in [0.3, 0.4) is 0 Å². The molecule has 0 bridgehead atoms. The summed E-state index contributed by atoms with van der Waals surface area (Å²) in [5.74, 6) is -0.905.